The molecule has 5 heteroatoms. The molecule has 0 spiro atoms. The van der Waals surface area contributed by atoms with Gasteiger partial charge in [0.25, 0.3) is 0 Å². The third kappa shape index (κ3) is 3.27. The van der Waals surface area contributed by atoms with Gasteiger partial charge in [-0.05, 0) is 0 Å². The van der Waals surface area contributed by atoms with E-state index in [9.17, 15) is 0 Å². The molecular weight excluding hydrogens is 254 g/mol. The molecule has 0 amide bonds. The minimum Gasteiger partial charge on any atom is -0.335 e. The maximum Gasteiger partial charge on any atom is 0.110 e. The van der Waals surface area contributed by atoms with E-state index in [1.54, 1.807) is 0 Å². The standard InChI is InChI=1S/C10H15Cl3N2/c1-15-9(3-6-12)8(2-5-11)14-10(15)4-7-13/h2-7H2,1H3. The Kier molecular flexibility index (Phi) is 5.80. The molecule has 0 radical (unpaired) electrons. The molecule has 0 aliphatic heterocycles. The third-order valence-corrected chi connectivity index (χ3v) is 2.94. The second kappa shape index (κ2) is 6.62. The second-order valence-corrected chi connectivity index (χ2v) is 4.43. The number of aromatic nitrogens is 2. The first-order valence-corrected chi connectivity index (χ1v) is 6.56. The number of nitrogens with zero attached hydrogens (tertiary/aromatic N) is 2. The van der Waals surface area contributed by atoms with Gasteiger partial charge in [0, 0.05) is 49.6 Å². The van der Waals surface area contributed by atoms with Crippen LogP contribution in [0, 0.1) is 0 Å². The van der Waals surface area contributed by atoms with Gasteiger partial charge in [-0.3, -0.25) is 0 Å². The van der Waals surface area contributed by atoms with Crippen LogP contribution in [0.2, 0.25) is 0 Å². The Morgan fingerprint density at radius 3 is 2.13 bits per heavy atom. The summed E-state index contributed by atoms with van der Waals surface area (Å²) in [5, 5.41) is 0. The molecule has 0 bridgehead atoms. The van der Waals surface area contributed by atoms with Gasteiger partial charge >= 0.3 is 0 Å². The fraction of sp³-hybridized carbons (Fsp3) is 0.700. The van der Waals surface area contributed by atoms with Gasteiger partial charge in [0.2, 0.25) is 0 Å². The molecule has 0 atom stereocenters. The first kappa shape index (κ1) is 13.1. The van der Waals surface area contributed by atoms with Crippen LogP contribution in [0.5, 0.6) is 0 Å². The number of hydrogen-bond donors (Lipinski definition) is 0. The number of halogens is 3. The minimum absolute atomic E-state index is 0.589. The van der Waals surface area contributed by atoms with E-state index in [0.29, 0.717) is 17.6 Å². The Hall–Kier alpha value is 0.0800. The predicted molar refractivity (Wildman–Crippen MR) is 66.5 cm³/mol. The van der Waals surface area contributed by atoms with Gasteiger partial charge in [0.1, 0.15) is 5.82 Å². The highest BCUT2D eigenvalue weighted by molar-refractivity contribution is 6.18. The summed E-state index contributed by atoms with van der Waals surface area (Å²) in [6.45, 7) is 0. The van der Waals surface area contributed by atoms with Crippen molar-refractivity contribution in [1.82, 2.24) is 9.55 Å². The number of aryl methyl sites for hydroxylation is 2. The van der Waals surface area contributed by atoms with Gasteiger partial charge in [-0.2, -0.15) is 0 Å². The molecule has 2 nitrogen and oxygen atoms in total. The topological polar surface area (TPSA) is 17.8 Å². The van der Waals surface area contributed by atoms with E-state index in [-0.39, 0.29) is 0 Å². The summed E-state index contributed by atoms with van der Waals surface area (Å²) in [5.74, 6) is 2.80. The van der Waals surface area contributed by atoms with Gasteiger partial charge in [-0.15, -0.1) is 34.8 Å². The Morgan fingerprint density at radius 1 is 1.00 bits per heavy atom. The molecule has 0 unspecified atom stereocenters. The fourth-order valence-corrected chi connectivity index (χ4v) is 2.17. The molecule has 0 saturated heterocycles. The summed E-state index contributed by atoms with van der Waals surface area (Å²) in [4.78, 5) is 4.54. The van der Waals surface area contributed by atoms with Crippen molar-refractivity contribution in [1.29, 1.82) is 0 Å². The van der Waals surface area contributed by atoms with Crippen molar-refractivity contribution in [3.63, 3.8) is 0 Å². The molecule has 0 aromatic carbocycles. The predicted octanol–water partition coefficient (Wildman–Crippen LogP) is 2.76. The molecule has 0 aliphatic carbocycles. The largest absolute Gasteiger partial charge is 0.335 e. The van der Waals surface area contributed by atoms with Crippen LogP contribution in [0.1, 0.15) is 17.2 Å². The van der Waals surface area contributed by atoms with E-state index in [4.69, 9.17) is 34.8 Å². The third-order valence-electron chi connectivity index (χ3n) is 2.37. The summed E-state index contributed by atoms with van der Waals surface area (Å²) < 4.78 is 2.09. The highest BCUT2D eigenvalue weighted by atomic mass is 35.5. The molecule has 1 aromatic rings. The summed E-state index contributed by atoms with van der Waals surface area (Å²) in [5.41, 5.74) is 2.25. The maximum atomic E-state index is 5.77. The maximum absolute atomic E-state index is 5.77. The molecule has 15 heavy (non-hydrogen) atoms. The number of imidazole rings is 1. The van der Waals surface area contributed by atoms with Gasteiger partial charge in [0.05, 0.1) is 5.69 Å². The summed E-state index contributed by atoms with van der Waals surface area (Å²) in [6.07, 6.45) is 2.42. The zero-order valence-corrected chi connectivity index (χ0v) is 11.0. The van der Waals surface area contributed by atoms with Gasteiger partial charge in [0.15, 0.2) is 0 Å². The van der Waals surface area contributed by atoms with Gasteiger partial charge in [-0.1, -0.05) is 0 Å². The van der Waals surface area contributed by atoms with Gasteiger partial charge in [-0.25, -0.2) is 4.98 Å². The Labute approximate surface area is 106 Å². The molecule has 0 N–H and O–H groups in total. The quantitative estimate of drug-likeness (QED) is 0.726. The number of rotatable bonds is 6. The molecule has 1 rings (SSSR count). The van der Waals surface area contributed by atoms with Crippen molar-refractivity contribution >= 4 is 34.8 Å². The van der Waals surface area contributed by atoms with E-state index in [2.05, 4.69) is 9.55 Å². The van der Waals surface area contributed by atoms with Crippen LogP contribution in [-0.4, -0.2) is 27.2 Å². The van der Waals surface area contributed by atoms with Crippen molar-refractivity contribution in [2.75, 3.05) is 17.6 Å². The zero-order valence-electron chi connectivity index (χ0n) is 8.77. The van der Waals surface area contributed by atoms with Crippen molar-refractivity contribution in [2.45, 2.75) is 19.3 Å². The Bertz CT molecular complexity index is 310. The van der Waals surface area contributed by atoms with Crippen molar-refractivity contribution < 1.29 is 0 Å². The van der Waals surface area contributed by atoms with Gasteiger partial charge < -0.3 is 4.57 Å². The first-order chi connectivity index (χ1) is 7.24. The lowest BCUT2D eigenvalue weighted by Gasteiger charge is -2.04. The first-order valence-electron chi connectivity index (χ1n) is 4.95. The van der Waals surface area contributed by atoms with Crippen molar-refractivity contribution in [3.8, 4) is 0 Å². The monoisotopic (exact) mass is 268 g/mol. The number of alkyl halides is 3. The van der Waals surface area contributed by atoms with Crippen molar-refractivity contribution in [2.24, 2.45) is 7.05 Å². The van der Waals surface area contributed by atoms with Crippen LogP contribution in [0.25, 0.3) is 0 Å². The van der Waals surface area contributed by atoms with E-state index < -0.39 is 0 Å². The van der Waals surface area contributed by atoms with E-state index in [1.807, 2.05) is 7.05 Å². The molecule has 1 aromatic heterocycles. The smallest absolute Gasteiger partial charge is 0.110 e. The highest BCUT2D eigenvalue weighted by Gasteiger charge is 2.12. The van der Waals surface area contributed by atoms with Crippen LogP contribution >= 0.6 is 34.8 Å². The summed E-state index contributed by atoms with van der Waals surface area (Å²) in [6, 6.07) is 0. The molecule has 0 fully saturated rings. The van der Waals surface area contributed by atoms with Crippen LogP contribution < -0.4 is 0 Å². The van der Waals surface area contributed by atoms with Crippen LogP contribution in [0.15, 0.2) is 0 Å². The summed E-state index contributed by atoms with van der Waals surface area (Å²) >= 11 is 17.2. The lowest BCUT2D eigenvalue weighted by Crippen LogP contribution is -2.04. The summed E-state index contributed by atoms with van der Waals surface area (Å²) in [7, 11) is 2.01. The second-order valence-electron chi connectivity index (χ2n) is 3.30. The normalized spacial score (nSPS) is 10.9. The van der Waals surface area contributed by atoms with E-state index >= 15 is 0 Å². The average Bonchev–Trinajstić information content (AvgIpc) is 2.49. The molecule has 0 aliphatic rings. The zero-order chi connectivity index (χ0) is 11.3. The molecular formula is C10H15Cl3N2. The van der Waals surface area contributed by atoms with Crippen LogP contribution in [0.4, 0.5) is 0 Å². The number of hydrogen-bond acceptors (Lipinski definition) is 1. The van der Waals surface area contributed by atoms with Crippen LogP contribution in [-0.2, 0) is 26.3 Å². The lowest BCUT2D eigenvalue weighted by molar-refractivity contribution is 0.766. The molecule has 86 valence electrons. The average molecular weight is 270 g/mol. The Balaban J connectivity index is 2.96. The van der Waals surface area contributed by atoms with Crippen molar-refractivity contribution in [3.05, 3.63) is 17.2 Å². The lowest BCUT2D eigenvalue weighted by atomic mass is 10.2. The fourth-order valence-electron chi connectivity index (χ4n) is 1.64. The molecule has 0 saturated carbocycles. The minimum atomic E-state index is 0.589. The van der Waals surface area contributed by atoms with E-state index in [1.165, 1.54) is 5.69 Å². The highest BCUT2D eigenvalue weighted by Crippen LogP contribution is 2.14. The Morgan fingerprint density at radius 2 is 1.60 bits per heavy atom. The van der Waals surface area contributed by atoms with E-state index in [0.717, 1.165) is 30.8 Å². The van der Waals surface area contributed by atoms with Crippen LogP contribution in [0.3, 0.4) is 0 Å². The molecule has 1 heterocycles. The SMILES string of the molecule is Cn1c(CCCl)nc(CCCl)c1CCCl.